The minimum atomic E-state index is 0.384. The van der Waals surface area contributed by atoms with Gasteiger partial charge in [0.25, 0.3) is 0 Å². The van der Waals surface area contributed by atoms with Crippen LogP contribution >= 0.6 is 11.6 Å². The first-order valence-electron chi connectivity index (χ1n) is 6.44. The van der Waals surface area contributed by atoms with Gasteiger partial charge >= 0.3 is 0 Å². The number of hydrogen-bond donors (Lipinski definition) is 0. The summed E-state index contributed by atoms with van der Waals surface area (Å²) in [6, 6.07) is 0. The van der Waals surface area contributed by atoms with Crippen molar-refractivity contribution in [3.8, 4) is 0 Å². The zero-order valence-electron chi connectivity index (χ0n) is 10.2. The first-order valence-corrected chi connectivity index (χ1v) is 6.87. The Morgan fingerprint density at radius 2 is 2.13 bits per heavy atom. The molecule has 15 heavy (non-hydrogen) atoms. The van der Waals surface area contributed by atoms with E-state index in [1.54, 1.807) is 0 Å². The fraction of sp³-hybridized carbons (Fsp3) is 1.00. The summed E-state index contributed by atoms with van der Waals surface area (Å²) in [4.78, 5) is 0. The van der Waals surface area contributed by atoms with Gasteiger partial charge in [0.05, 0.1) is 6.10 Å². The average Bonchev–Trinajstić information content (AvgIpc) is 2.63. The van der Waals surface area contributed by atoms with Gasteiger partial charge in [0.2, 0.25) is 0 Å². The van der Waals surface area contributed by atoms with E-state index < -0.39 is 0 Å². The predicted molar refractivity (Wildman–Crippen MR) is 66.5 cm³/mol. The Bertz CT molecular complexity index is 153. The standard InChI is InChI=1S/C13H25ClO/c1-11(2)10-12(14)6-3-4-7-13-8-5-9-15-13/h11-13H,3-10H2,1-2H3. The predicted octanol–water partition coefficient (Wildman–Crippen LogP) is 4.38. The van der Waals surface area contributed by atoms with Crippen LogP contribution in [0.4, 0.5) is 0 Å². The summed E-state index contributed by atoms with van der Waals surface area (Å²) < 4.78 is 5.59. The molecule has 0 bridgehead atoms. The maximum atomic E-state index is 6.24. The summed E-state index contributed by atoms with van der Waals surface area (Å²) in [5, 5.41) is 0.384. The number of halogens is 1. The number of alkyl halides is 1. The molecular weight excluding hydrogens is 208 g/mol. The summed E-state index contributed by atoms with van der Waals surface area (Å²) in [7, 11) is 0. The van der Waals surface area contributed by atoms with Crippen molar-refractivity contribution < 1.29 is 4.74 Å². The van der Waals surface area contributed by atoms with Crippen molar-refractivity contribution >= 4 is 11.6 Å². The fourth-order valence-corrected chi connectivity index (χ4v) is 2.75. The molecule has 0 aromatic rings. The molecule has 0 aromatic carbocycles. The highest BCUT2D eigenvalue weighted by atomic mass is 35.5. The van der Waals surface area contributed by atoms with E-state index in [9.17, 15) is 0 Å². The van der Waals surface area contributed by atoms with Crippen LogP contribution in [-0.2, 0) is 4.74 Å². The number of ether oxygens (including phenoxy) is 1. The lowest BCUT2D eigenvalue weighted by atomic mass is 10.0. The van der Waals surface area contributed by atoms with Gasteiger partial charge in [-0.2, -0.15) is 0 Å². The minimum absolute atomic E-state index is 0.384. The molecule has 1 aliphatic heterocycles. The number of unbranched alkanes of at least 4 members (excludes halogenated alkanes) is 1. The maximum absolute atomic E-state index is 6.24. The van der Waals surface area contributed by atoms with E-state index in [0.717, 1.165) is 18.9 Å². The molecule has 0 aliphatic carbocycles. The monoisotopic (exact) mass is 232 g/mol. The molecular formula is C13H25ClO. The molecule has 1 saturated heterocycles. The third kappa shape index (κ3) is 6.42. The van der Waals surface area contributed by atoms with Crippen LogP contribution in [0.25, 0.3) is 0 Å². The van der Waals surface area contributed by atoms with Gasteiger partial charge in [0.1, 0.15) is 0 Å². The molecule has 1 heterocycles. The minimum Gasteiger partial charge on any atom is -0.378 e. The van der Waals surface area contributed by atoms with Crippen molar-refractivity contribution in [2.24, 2.45) is 5.92 Å². The van der Waals surface area contributed by atoms with Crippen LogP contribution in [-0.4, -0.2) is 18.1 Å². The fourth-order valence-electron chi connectivity index (χ4n) is 2.24. The molecule has 90 valence electrons. The van der Waals surface area contributed by atoms with Crippen molar-refractivity contribution in [1.29, 1.82) is 0 Å². The largest absolute Gasteiger partial charge is 0.378 e. The molecule has 0 amide bonds. The first kappa shape index (κ1) is 13.3. The Labute approximate surface area is 99.5 Å². The van der Waals surface area contributed by atoms with Crippen LogP contribution in [0.5, 0.6) is 0 Å². The van der Waals surface area contributed by atoms with E-state index in [-0.39, 0.29) is 0 Å². The molecule has 0 N–H and O–H groups in total. The van der Waals surface area contributed by atoms with Gasteiger partial charge in [0.15, 0.2) is 0 Å². The van der Waals surface area contributed by atoms with Crippen LogP contribution < -0.4 is 0 Å². The second-order valence-electron chi connectivity index (χ2n) is 5.15. The zero-order chi connectivity index (χ0) is 11.1. The SMILES string of the molecule is CC(C)CC(Cl)CCCCC1CCCO1. The summed E-state index contributed by atoms with van der Waals surface area (Å²) in [5.41, 5.74) is 0. The molecule has 0 saturated carbocycles. The van der Waals surface area contributed by atoms with Gasteiger partial charge in [0, 0.05) is 12.0 Å². The van der Waals surface area contributed by atoms with Crippen molar-refractivity contribution in [1.82, 2.24) is 0 Å². The highest BCUT2D eigenvalue weighted by Crippen LogP contribution is 2.21. The van der Waals surface area contributed by atoms with E-state index >= 15 is 0 Å². The van der Waals surface area contributed by atoms with Crippen molar-refractivity contribution in [2.75, 3.05) is 6.61 Å². The molecule has 2 unspecified atom stereocenters. The zero-order valence-corrected chi connectivity index (χ0v) is 10.9. The molecule has 2 atom stereocenters. The molecule has 0 spiro atoms. The van der Waals surface area contributed by atoms with E-state index in [1.165, 1.54) is 38.5 Å². The first-order chi connectivity index (χ1) is 7.18. The highest BCUT2D eigenvalue weighted by Gasteiger charge is 2.15. The van der Waals surface area contributed by atoms with E-state index in [4.69, 9.17) is 16.3 Å². The summed E-state index contributed by atoms with van der Waals surface area (Å²) in [6.07, 6.45) is 9.21. The van der Waals surface area contributed by atoms with Gasteiger partial charge in [-0.15, -0.1) is 11.6 Å². The molecule has 2 heteroatoms. The normalized spacial score (nSPS) is 23.6. The van der Waals surface area contributed by atoms with Crippen LogP contribution in [0.1, 0.15) is 58.8 Å². The third-order valence-corrected chi connectivity index (χ3v) is 3.44. The van der Waals surface area contributed by atoms with E-state index in [2.05, 4.69) is 13.8 Å². The van der Waals surface area contributed by atoms with Crippen LogP contribution in [0, 0.1) is 5.92 Å². The Balaban J connectivity index is 1.91. The summed E-state index contributed by atoms with van der Waals surface area (Å²) in [6.45, 7) is 5.46. The van der Waals surface area contributed by atoms with E-state index in [0.29, 0.717) is 11.5 Å². The number of rotatable bonds is 7. The Hall–Kier alpha value is 0.250. The molecule has 0 radical (unpaired) electrons. The van der Waals surface area contributed by atoms with Gasteiger partial charge in [-0.25, -0.2) is 0 Å². The van der Waals surface area contributed by atoms with Crippen molar-refractivity contribution in [3.05, 3.63) is 0 Å². The highest BCUT2D eigenvalue weighted by molar-refractivity contribution is 6.20. The van der Waals surface area contributed by atoms with Crippen LogP contribution in [0.15, 0.2) is 0 Å². The van der Waals surface area contributed by atoms with Crippen LogP contribution in [0.3, 0.4) is 0 Å². The third-order valence-electron chi connectivity index (χ3n) is 3.04. The van der Waals surface area contributed by atoms with Gasteiger partial charge < -0.3 is 4.74 Å². The second-order valence-corrected chi connectivity index (χ2v) is 5.76. The average molecular weight is 233 g/mol. The summed E-state index contributed by atoms with van der Waals surface area (Å²) in [5.74, 6) is 0.727. The topological polar surface area (TPSA) is 9.23 Å². The van der Waals surface area contributed by atoms with Gasteiger partial charge in [-0.3, -0.25) is 0 Å². The molecule has 0 aromatic heterocycles. The molecule has 1 rings (SSSR count). The lowest BCUT2D eigenvalue weighted by Crippen LogP contribution is -2.06. The molecule has 1 aliphatic rings. The smallest absolute Gasteiger partial charge is 0.0576 e. The van der Waals surface area contributed by atoms with Gasteiger partial charge in [-0.1, -0.05) is 26.7 Å². The molecule has 1 nitrogen and oxygen atoms in total. The Morgan fingerprint density at radius 1 is 1.33 bits per heavy atom. The lowest BCUT2D eigenvalue weighted by Gasteiger charge is -2.12. The number of hydrogen-bond acceptors (Lipinski definition) is 1. The maximum Gasteiger partial charge on any atom is 0.0576 e. The van der Waals surface area contributed by atoms with Crippen molar-refractivity contribution in [3.63, 3.8) is 0 Å². The second kappa shape index (κ2) is 7.51. The van der Waals surface area contributed by atoms with E-state index in [1.807, 2.05) is 0 Å². The van der Waals surface area contributed by atoms with Crippen LogP contribution in [0.2, 0.25) is 0 Å². The lowest BCUT2D eigenvalue weighted by molar-refractivity contribution is 0.102. The Kier molecular flexibility index (Phi) is 6.67. The summed E-state index contributed by atoms with van der Waals surface area (Å²) >= 11 is 6.24. The molecule has 1 fully saturated rings. The van der Waals surface area contributed by atoms with Gasteiger partial charge in [-0.05, 0) is 38.0 Å². The van der Waals surface area contributed by atoms with Crippen molar-refractivity contribution in [2.45, 2.75) is 70.3 Å². The quantitative estimate of drug-likeness (QED) is 0.468. The Morgan fingerprint density at radius 3 is 2.73 bits per heavy atom.